The van der Waals surface area contributed by atoms with Crippen molar-refractivity contribution in [3.05, 3.63) is 23.3 Å². The van der Waals surface area contributed by atoms with Crippen LogP contribution in [0.2, 0.25) is 0 Å². The van der Waals surface area contributed by atoms with Crippen LogP contribution in [0.1, 0.15) is 14.0 Å². The molecule has 0 aliphatic carbocycles. The van der Waals surface area contributed by atoms with Gasteiger partial charge < -0.3 is 5.73 Å². The number of halogens is 3. The number of anilines is 1. The average Bonchev–Trinajstić information content (AvgIpc) is 2.06. The summed E-state index contributed by atoms with van der Waals surface area (Å²) in [5, 5.41) is 0. The Hall–Kier alpha value is -1.26. The molecule has 0 amide bonds. The van der Waals surface area contributed by atoms with Crippen molar-refractivity contribution in [1.82, 2.24) is 4.98 Å². The first-order chi connectivity index (χ1) is 6.25. The zero-order valence-corrected chi connectivity index (χ0v) is 6.16. The number of rotatable bonds is 0. The van der Waals surface area contributed by atoms with Crippen molar-refractivity contribution in [1.29, 1.82) is 0 Å². The van der Waals surface area contributed by atoms with Gasteiger partial charge in [0.05, 0.1) is 2.74 Å². The van der Waals surface area contributed by atoms with Crippen LogP contribution in [-0.4, -0.2) is 4.98 Å². The van der Waals surface area contributed by atoms with Gasteiger partial charge in [0.15, 0.2) is 0 Å². The molecule has 0 aromatic carbocycles. The van der Waals surface area contributed by atoms with Crippen molar-refractivity contribution in [2.75, 3.05) is 5.73 Å². The second-order valence-electron chi connectivity index (χ2n) is 2.22. The summed E-state index contributed by atoms with van der Waals surface area (Å²) in [6.45, 7) is 1.23. The lowest BCUT2D eigenvalue weighted by Gasteiger charge is -2.06. The van der Waals surface area contributed by atoms with E-state index in [2.05, 4.69) is 4.98 Å². The molecule has 0 atom stereocenters. The van der Waals surface area contributed by atoms with Crippen LogP contribution >= 0.6 is 0 Å². The summed E-state index contributed by atoms with van der Waals surface area (Å²) >= 11 is 0. The van der Waals surface area contributed by atoms with Crippen molar-refractivity contribution in [3.63, 3.8) is 0 Å². The van der Waals surface area contributed by atoms with E-state index in [4.69, 9.17) is 8.48 Å². The van der Waals surface area contributed by atoms with Gasteiger partial charge in [0, 0.05) is 0 Å². The maximum atomic E-state index is 12.2. The maximum Gasteiger partial charge on any atom is 0.433 e. The molecular weight excluding hydrogens is 169 g/mol. The molecule has 12 heavy (non-hydrogen) atoms. The molecule has 1 aromatic heterocycles. The summed E-state index contributed by atoms with van der Waals surface area (Å²) in [6, 6.07) is -1.13. The summed E-state index contributed by atoms with van der Waals surface area (Å²) in [6.07, 6.45) is -4.70. The Labute approximate surface area is 70.0 Å². The smallest absolute Gasteiger partial charge is 0.384 e. The minimum absolute atomic E-state index is 0.121. The Bertz CT molecular complexity index is 376. The second kappa shape index (κ2) is 2.66. The van der Waals surface area contributed by atoms with Crippen LogP contribution in [0.3, 0.4) is 0 Å². The van der Waals surface area contributed by atoms with Gasteiger partial charge in [-0.1, -0.05) is 0 Å². The van der Waals surface area contributed by atoms with Crippen LogP contribution in [0.5, 0.6) is 0 Å². The fourth-order valence-electron chi connectivity index (χ4n) is 0.712. The van der Waals surface area contributed by atoms with Gasteiger partial charge in [-0.05, 0) is 24.6 Å². The normalized spacial score (nSPS) is 14.0. The van der Waals surface area contributed by atoms with Crippen LogP contribution in [-0.2, 0) is 6.18 Å². The highest BCUT2D eigenvalue weighted by Crippen LogP contribution is 2.28. The zero-order valence-electron chi connectivity index (χ0n) is 8.16. The number of aromatic nitrogens is 1. The topological polar surface area (TPSA) is 38.9 Å². The molecule has 2 N–H and O–H groups in total. The predicted octanol–water partition coefficient (Wildman–Crippen LogP) is 1.99. The van der Waals surface area contributed by atoms with Crippen LogP contribution in [0.4, 0.5) is 19.0 Å². The minimum atomic E-state index is -4.70. The van der Waals surface area contributed by atoms with Gasteiger partial charge in [-0.15, -0.1) is 0 Å². The quantitative estimate of drug-likeness (QED) is 0.659. The molecule has 0 spiro atoms. The number of nitrogen functional groups attached to an aromatic ring is 1. The summed E-state index contributed by atoms with van der Waals surface area (Å²) < 4.78 is 51.1. The predicted molar refractivity (Wildman–Crippen MR) is 38.4 cm³/mol. The number of hydrogen-bond donors (Lipinski definition) is 1. The Morgan fingerprint density at radius 3 is 2.58 bits per heavy atom. The Morgan fingerprint density at radius 2 is 2.08 bits per heavy atom. The number of pyridine rings is 1. The van der Waals surface area contributed by atoms with Crippen LogP contribution < -0.4 is 5.73 Å². The van der Waals surface area contributed by atoms with Crippen molar-refractivity contribution in [2.24, 2.45) is 0 Å². The van der Waals surface area contributed by atoms with Gasteiger partial charge in [0.2, 0.25) is 0 Å². The highest BCUT2D eigenvalue weighted by molar-refractivity contribution is 5.34. The number of nitrogens with zero attached hydrogens (tertiary/aromatic N) is 1. The minimum Gasteiger partial charge on any atom is -0.384 e. The number of hydrogen-bond acceptors (Lipinski definition) is 2. The molecule has 1 aromatic rings. The highest BCUT2D eigenvalue weighted by Gasteiger charge is 2.32. The van der Waals surface area contributed by atoms with Gasteiger partial charge in [-0.3, -0.25) is 0 Å². The first-order valence-electron chi connectivity index (χ1n) is 4.05. The van der Waals surface area contributed by atoms with Crippen molar-refractivity contribution >= 4 is 5.82 Å². The number of alkyl halides is 3. The van der Waals surface area contributed by atoms with E-state index in [0.29, 0.717) is 0 Å². The van der Waals surface area contributed by atoms with Crippen molar-refractivity contribution in [3.8, 4) is 0 Å². The van der Waals surface area contributed by atoms with Gasteiger partial charge in [0.1, 0.15) is 11.5 Å². The monoisotopic (exact) mass is 178 g/mol. The van der Waals surface area contributed by atoms with Crippen LogP contribution in [0.15, 0.2) is 12.1 Å². The fourth-order valence-corrected chi connectivity index (χ4v) is 0.712. The van der Waals surface area contributed by atoms with Crippen LogP contribution in [0.25, 0.3) is 0 Å². The Balaban J connectivity index is 3.49. The molecule has 0 unspecified atom stereocenters. The van der Waals surface area contributed by atoms with Crippen LogP contribution in [0, 0.1) is 6.92 Å². The molecule has 66 valence electrons. The van der Waals surface area contributed by atoms with Gasteiger partial charge in [0.25, 0.3) is 0 Å². The molecule has 1 rings (SSSR count). The Kier molecular flexibility index (Phi) is 1.39. The molecule has 2 nitrogen and oxygen atoms in total. The maximum absolute atomic E-state index is 12.2. The molecular formula is C7H7F3N2. The fraction of sp³-hybridized carbons (Fsp3) is 0.286. The van der Waals surface area contributed by atoms with E-state index >= 15 is 0 Å². The molecule has 0 aliphatic rings. The Morgan fingerprint density at radius 1 is 1.50 bits per heavy atom. The van der Waals surface area contributed by atoms with Gasteiger partial charge in [-0.2, -0.15) is 13.2 Å². The first-order valence-corrected chi connectivity index (χ1v) is 3.05. The molecule has 0 radical (unpaired) electrons. The molecule has 0 saturated carbocycles. The third-order valence-corrected chi connectivity index (χ3v) is 1.12. The third kappa shape index (κ3) is 1.87. The van der Waals surface area contributed by atoms with Gasteiger partial charge in [-0.25, -0.2) is 4.98 Å². The molecule has 0 bridgehead atoms. The van der Waals surface area contributed by atoms with E-state index in [1.807, 2.05) is 0 Å². The van der Waals surface area contributed by atoms with Gasteiger partial charge >= 0.3 is 6.18 Å². The molecule has 0 saturated heterocycles. The lowest BCUT2D eigenvalue weighted by atomic mass is 10.2. The van der Waals surface area contributed by atoms with Crippen molar-refractivity contribution in [2.45, 2.75) is 13.1 Å². The molecule has 5 heteroatoms. The van der Waals surface area contributed by atoms with E-state index in [-0.39, 0.29) is 11.6 Å². The number of nitrogens with two attached hydrogens (primary N) is 1. The molecule has 1 heterocycles. The van der Waals surface area contributed by atoms with Crippen molar-refractivity contribution < 1.29 is 15.9 Å². The zero-order chi connectivity index (χ0) is 11.1. The summed E-state index contributed by atoms with van der Waals surface area (Å²) in [4.78, 5) is 2.98. The van der Waals surface area contributed by atoms with E-state index in [0.717, 1.165) is 0 Å². The SMILES string of the molecule is [2H]c1c(N)nc(C(F)(F)F)c([2H])c1C. The van der Waals surface area contributed by atoms with E-state index in [1.165, 1.54) is 6.92 Å². The third-order valence-electron chi connectivity index (χ3n) is 1.12. The summed E-state index contributed by atoms with van der Waals surface area (Å²) in [5.41, 5.74) is 3.64. The standard InChI is InChI=1S/C7H7F3N2/c1-4-2-5(7(8,9)10)12-6(11)3-4/h2-3H,1H3,(H2,11,12)/i2D,3D. The first kappa shape index (κ1) is 6.28. The summed E-state index contributed by atoms with van der Waals surface area (Å²) in [7, 11) is 0. The largest absolute Gasteiger partial charge is 0.433 e. The summed E-state index contributed by atoms with van der Waals surface area (Å²) in [5.74, 6) is -0.508. The molecule has 0 fully saturated rings. The second-order valence-corrected chi connectivity index (χ2v) is 2.22. The van der Waals surface area contributed by atoms with E-state index < -0.39 is 23.7 Å². The molecule has 0 aliphatic heterocycles. The lowest BCUT2D eigenvalue weighted by molar-refractivity contribution is -0.141. The van der Waals surface area contributed by atoms with E-state index in [9.17, 15) is 13.2 Å². The lowest BCUT2D eigenvalue weighted by Crippen LogP contribution is -2.09. The van der Waals surface area contributed by atoms with E-state index in [1.54, 1.807) is 0 Å². The average molecular weight is 178 g/mol. The highest BCUT2D eigenvalue weighted by atomic mass is 19.4.